The first-order valence-corrected chi connectivity index (χ1v) is 6.29. The first-order valence-electron chi connectivity index (χ1n) is 5.53. The number of carbonyl (C=O) groups excluding carboxylic acids is 1. The topological polar surface area (TPSA) is 66.4 Å². The smallest absolute Gasteiger partial charge is 0.327 e. The van der Waals surface area contributed by atoms with Gasteiger partial charge >= 0.3 is 5.97 Å². The largest absolute Gasteiger partial charge is 0.480 e. The molecule has 0 aliphatic heterocycles. The summed E-state index contributed by atoms with van der Waals surface area (Å²) in [6.45, 7) is 0. The summed E-state index contributed by atoms with van der Waals surface area (Å²) >= 11 is 11.6. The van der Waals surface area contributed by atoms with Crippen molar-refractivity contribution in [2.24, 2.45) is 0 Å². The molecule has 0 radical (unpaired) electrons. The molecule has 0 saturated carbocycles. The van der Waals surface area contributed by atoms with Gasteiger partial charge in [0.2, 0.25) is 5.91 Å². The van der Waals surface area contributed by atoms with Crippen molar-refractivity contribution in [3.05, 3.63) is 39.9 Å². The van der Waals surface area contributed by atoms with E-state index >= 15 is 0 Å². The summed E-state index contributed by atoms with van der Waals surface area (Å²) in [4.78, 5) is 22.4. The zero-order chi connectivity index (χ0) is 15.1. The van der Waals surface area contributed by atoms with E-state index in [4.69, 9.17) is 34.7 Å². The first-order chi connectivity index (χ1) is 9.42. The molecule has 2 N–H and O–H groups in total. The zero-order valence-electron chi connectivity index (χ0n) is 10.3. The van der Waals surface area contributed by atoms with Gasteiger partial charge in [0.25, 0.3) is 0 Å². The first kappa shape index (κ1) is 16.1. The highest BCUT2D eigenvalue weighted by atomic mass is 35.5. The number of benzene rings is 1. The molecule has 0 heterocycles. The maximum Gasteiger partial charge on any atom is 0.327 e. The lowest BCUT2D eigenvalue weighted by Gasteiger charge is -2.09. The standard InChI is InChI=1S/C14H11Cl2NO3/c1-2-3-12(14(19)20)17-13(18)5-4-9-6-10(15)8-11(16)7-9/h1,4-8,12H,3H2,(H,17,18)(H,19,20)/b5-4+. The third-order valence-electron chi connectivity index (χ3n) is 2.25. The van der Waals surface area contributed by atoms with Gasteiger partial charge in [0.05, 0.1) is 0 Å². The molecule has 1 aromatic rings. The van der Waals surface area contributed by atoms with Crippen LogP contribution in [0.15, 0.2) is 24.3 Å². The third kappa shape index (κ3) is 5.35. The number of carbonyl (C=O) groups is 2. The van der Waals surface area contributed by atoms with Crippen LogP contribution in [0.5, 0.6) is 0 Å². The highest BCUT2D eigenvalue weighted by molar-refractivity contribution is 6.34. The van der Waals surface area contributed by atoms with Gasteiger partial charge in [0, 0.05) is 22.5 Å². The molecule has 1 atom stereocenters. The molecule has 0 saturated heterocycles. The van der Waals surface area contributed by atoms with E-state index in [0.717, 1.165) is 0 Å². The van der Waals surface area contributed by atoms with Crippen molar-refractivity contribution in [1.82, 2.24) is 5.32 Å². The molecule has 6 heteroatoms. The Labute approximate surface area is 126 Å². The van der Waals surface area contributed by atoms with Crippen LogP contribution < -0.4 is 5.32 Å². The SMILES string of the molecule is C#CCC(NC(=O)/C=C/c1cc(Cl)cc(Cl)c1)C(=O)O. The average Bonchev–Trinajstić information content (AvgIpc) is 2.34. The van der Waals surface area contributed by atoms with Crippen molar-refractivity contribution < 1.29 is 14.7 Å². The third-order valence-corrected chi connectivity index (χ3v) is 2.69. The monoisotopic (exact) mass is 311 g/mol. The molecule has 1 amide bonds. The van der Waals surface area contributed by atoms with Gasteiger partial charge in [-0.2, -0.15) is 0 Å². The summed E-state index contributed by atoms with van der Waals surface area (Å²) < 4.78 is 0. The van der Waals surface area contributed by atoms with Crippen LogP contribution in [0.4, 0.5) is 0 Å². The van der Waals surface area contributed by atoms with Crippen LogP contribution in [0.3, 0.4) is 0 Å². The number of terminal acetylenes is 1. The van der Waals surface area contributed by atoms with E-state index in [-0.39, 0.29) is 6.42 Å². The summed E-state index contributed by atoms with van der Waals surface area (Å²) in [7, 11) is 0. The second-order valence-electron chi connectivity index (χ2n) is 3.84. The van der Waals surface area contributed by atoms with E-state index in [9.17, 15) is 9.59 Å². The Morgan fingerprint density at radius 1 is 1.35 bits per heavy atom. The number of rotatable bonds is 5. The maximum atomic E-state index is 11.6. The van der Waals surface area contributed by atoms with Crippen LogP contribution in [0.1, 0.15) is 12.0 Å². The van der Waals surface area contributed by atoms with E-state index in [1.807, 2.05) is 0 Å². The van der Waals surface area contributed by atoms with Crippen molar-refractivity contribution in [2.75, 3.05) is 0 Å². The fraction of sp³-hybridized carbons (Fsp3) is 0.143. The summed E-state index contributed by atoms with van der Waals surface area (Å²) in [6.07, 6.45) is 7.61. The second kappa shape index (κ2) is 7.59. The average molecular weight is 312 g/mol. The van der Waals surface area contributed by atoms with Gasteiger partial charge in [0.1, 0.15) is 6.04 Å². The number of hydrogen-bond acceptors (Lipinski definition) is 2. The molecule has 0 fully saturated rings. The molecule has 1 aromatic carbocycles. The summed E-state index contributed by atoms with van der Waals surface area (Å²) in [5.74, 6) is 0.438. The predicted molar refractivity (Wildman–Crippen MR) is 78.5 cm³/mol. The lowest BCUT2D eigenvalue weighted by atomic mass is 10.2. The molecule has 104 valence electrons. The Kier molecular flexibility index (Phi) is 6.10. The molecule has 4 nitrogen and oxygen atoms in total. The molecular weight excluding hydrogens is 301 g/mol. The van der Waals surface area contributed by atoms with Crippen LogP contribution in [-0.4, -0.2) is 23.0 Å². The van der Waals surface area contributed by atoms with Gasteiger partial charge in [-0.15, -0.1) is 12.3 Å². The molecule has 20 heavy (non-hydrogen) atoms. The summed E-state index contributed by atoms with van der Waals surface area (Å²) in [5, 5.41) is 12.0. The second-order valence-corrected chi connectivity index (χ2v) is 4.72. The lowest BCUT2D eigenvalue weighted by Crippen LogP contribution is -2.39. The van der Waals surface area contributed by atoms with Crippen molar-refractivity contribution >= 4 is 41.2 Å². The summed E-state index contributed by atoms with van der Waals surface area (Å²) in [6, 6.07) is 3.69. The lowest BCUT2D eigenvalue weighted by molar-refractivity contribution is -0.141. The number of amides is 1. The van der Waals surface area contributed by atoms with Gasteiger partial charge in [-0.05, 0) is 29.8 Å². The summed E-state index contributed by atoms with van der Waals surface area (Å²) in [5.41, 5.74) is 0.626. The van der Waals surface area contributed by atoms with E-state index in [1.54, 1.807) is 18.2 Å². The fourth-order valence-corrected chi connectivity index (χ4v) is 1.92. The molecule has 0 aliphatic carbocycles. The predicted octanol–water partition coefficient (Wildman–Crippen LogP) is 2.60. The highest BCUT2D eigenvalue weighted by Gasteiger charge is 2.17. The van der Waals surface area contributed by atoms with Crippen molar-refractivity contribution in [1.29, 1.82) is 0 Å². The van der Waals surface area contributed by atoms with Crippen LogP contribution in [0.25, 0.3) is 6.08 Å². The zero-order valence-corrected chi connectivity index (χ0v) is 11.8. The van der Waals surface area contributed by atoms with Gasteiger partial charge in [-0.3, -0.25) is 4.79 Å². The van der Waals surface area contributed by atoms with Crippen LogP contribution >= 0.6 is 23.2 Å². The molecule has 0 bridgehead atoms. The number of carboxylic acids is 1. The number of halogens is 2. The maximum absolute atomic E-state index is 11.6. The van der Waals surface area contributed by atoms with Crippen LogP contribution in [0, 0.1) is 12.3 Å². The van der Waals surface area contributed by atoms with Crippen molar-refractivity contribution in [3.8, 4) is 12.3 Å². The van der Waals surface area contributed by atoms with E-state index in [2.05, 4.69) is 11.2 Å². The molecule has 1 rings (SSSR count). The minimum Gasteiger partial charge on any atom is -0.480 e. The molecule has 0 aliphatic rings. The highest BCUT2D eigenvalue weighted by Crippen LogP contribution is 2.19. The van der Waals surface area contributed by atoms with E-state index in [0.29, 0.717) is 15.6 Å². The molecule has 1 unspecified atom stereocenters. The van der Waals surface area contributed by atoms with E-state index in [1.165, 1.54) is 12.2 Å². The molecule has 0 aromatic heterocycles. The van der Waals surface area contributed by atoms with Crippen molar-refractivity contribution in [2.45, 2.75) is 12.5 Å². The van der Waals surface area contributed by atoms with Crippen LogP contribution in [0.2, 0.25) is 10.0 Å². The van der Waals surface area contributed by atoms with Crippen molar-refractivity contribution in [3.63, 3.8) is 0 Å². The minimum atomic E-state index is -1.18. The molecule has 0 spiro atoms. The molecular formula is C14H11Cl2NO3. The van der Waals surface area contributed by atoms with Crippen LogP contribution in [-0.2, 0) is 9.59 Å². The number of aliphatic carboxylic acids is 1. The van der Waals surface area contributed by atoms with Gasteiger partial charge < -0.3 is 10.4 Å². The normalized spacial score (nSPS) is 11.8. The Hall–Kier alpha value is -1.96. The number of nitrogens with one attached hydrogen (secondary N) is 1. The van der Waals surface area contributed by atoms with Gasteiger partial charge in [-0.25, -0.2) is 4.79 Å². The Morgan fingerprint density at radius 2 is 1.95 bits per heavy atom. The minimum absolute atomic E-state index is 0.0854. The Morgan fingerprint density at radius 3 is 2.45 bits per heavy atom. The number of carboxylic acid groups (broad SMARTS) is 1. The quantitative estimate of drug-likeness (QED) is 0.649. The fourth-order valence-electron chi connectivity index (χ4n) is 1.38. The Balaban J connectivity index is 2.72. The van der Waals surface area contributed by atoms with Gasteiger partial charge in [0.15, 0.2) is 0 Å². The van der Waals surface area contributed by atoms with E-state index < -0.39 is 17.9 Å². The number of hydrogen-bond donors (Lipinski definition) is 2. The van der Waals surface area contributed by atoms with Gasteiger partial charge in [-0.1, -0.05) is 23.2 Å². The Bertz CT molecular complexity index is 570.